The highest BCUT2D eigenvalue weighted by Gasteiger charge is 2.13. The van der Waals surface area contributed by atoms with Gasteiger partial charge in [0.15, 0.2) is 0 Å². The fourth-order valence-electron chi connectivity index (χ4n) is 5.42. The molecule has 0 fully saturated rings. The summed E-state index contributed by atoms with van der Waals surface area (Å²) in [5.41, 5.74) is 10.9. The van der Waals surface area contributed by atoms with Gasteiger partial charge in [0.25, 0.3) is 0 Å². The highest BCUT2D eigenvalue weighted by Crippen LogP contribution is 2.40. The van der Waals surface area contributed by atoms with E-state index in [0.717, 1.165) is 45.7 Å². The smallest absolute Gasteiger partial charge is 0.224 e. The van der Waals surface area contributed by atoms with E-state index in [-0.39, 0.29) is 11.8 Å². The number of carbonyl (C=O) groups is 2. The second-order valence-electron chi connectivity index (χ2n) is 11.7. The quantitative estimate of drug-likeness (QED) is 0.114. The molecule has 8 heteroatoms. The highest BCUT2D eigenvalue weighted by atomic mass is 32.2. The van der Waals surface area contributed by atoms with E-state index in [1.165, 1.54) is 26.6 Å². The Labute approximate surface area is 302 Å². The lowest BCUT2D eigenvalue weighted by molar-refractivity contribution is -0.120. The first kappa shape index (κ1) is 39.3. The summed E-state index contributed by atoms with van der Waals surface area (Å²) < 4.78 is 0. The van der Waals surface area contributed by atoms with Crippen LogP contribution in [0.5, 0.6) is 0 Å². The van der Waals surface area contributed by atoms with Gasteiger partial charge in [-0.15, -0.1) is 23.5 Å². The Hall–Kier alpha value is -4.14. The Bertz CT molecular complexity index is 1710. The van der Waals surface area contributed by atoms with Gasteiger partial charge >= 0.3 is 0 Å². The Morgan fingerprint density at radius 3 is 1.47 bits per heavy atom. The average molecular weight is 697 g/mol. The lowest BCUT2D eigenvalue weighted by Crippen LogP contribution is -2.18. The molecular weight excluding hydrogens is 645 g/mol. The molecule has 0 saturated carbocycles. The predicted molar refractivity (Wildman–Crippen MR) is 217 cm³/mol. The molecular formula is C41H52N4O2S2. The van der Waals surface area contributed by atoms with Crippen LogP contribution in [0.4, 0.5) is 22.7 Å². The third kappa shape index (κ3) is 11.5. The van der Waals surface area contributed by atoms with E-state index in [1.54, 1.807) is 30.6 Å². The van der Waals surface area contributed by atoms with Crippen molar-refractivity contribution in [3.05, 3.63) is 118 Å². The Kier molecular flexibility index (Phi) is 15.8. The molecule has 6 nitrogen and oxygen atoms in total. The molecule has 0 bridgehead atoms. The molecule has 2 amide bonds. The monoisotopic (exact) mass is 696 g/mol. The van der Waals surface area contributed by atoms with Gasteiger partial charge in [-0.1, -0.05) is 50.2 Å². The summed E-state index contributed by atoms with van der Waals surface area (Å²) >= 11 is 3.49. The maximum atomic E-state index is 12.9. The number of aryl methyl sites for hydroxylation is 4. The molecule has 4 aromatic carbocycles. The van der Waals surface area contributed by atoms with Gasteiger partial charge in [0, 0.05) is 66.5 Å². The number of nitrogens with one attached hydrogen (secondary N) is 3. The van der Waals surface area contributed by atoms with Crippen molar-refractivity contribution in [3.8, 4) is 0 Å². The van der Waals surface area contributed by atoms with Crippen molar-refractivity contribution in [1.29, 1.82) is 0 Å². The molecule has 0 aliphatic carbocycles. The van der Waals surface area contributed by atoms with Crippen LogP contribution in [-0.2, 0) is 22.4 Å². The standard InChI is InChI=1S/C39H46N4O2S2.C2H6/c1-26-24-33(18-8-28(26)14-22-36(44)40-3)41-34-19-9-29(27(2)25-34)15-23-37(45)42-32-16-10-30(11-17-32)38(46-6)39(47-7)31-12-20-35(21-13-31)43(4)5;1-2/h8-13,16-21,24-25,41H,14-15,22-23H2,1-7H3,(H,40,44)(H,42,45);1-2H3/b39-38-;. The lowest BCUT2D eigenvalue weighted by atomic mass is 10.0. The summed E-state index contributed by atoms with van der Waals surface area (Å²) in [7, 11) is 5.76. The molecule has 4 rings (SSSR count). The number of hydrogen-bond acceptors (Lipinski definition) is 6. The Balaban J connectivity index is 0.00000319. The maximum absolute atomic E-state index is 12.9. The molecule has 4 aromatic rings. The minimum atomic E-state index is -0.00208. The summed E-state index contributed by atoms with van der Waals surface area (Å²) in [4.78, 5) is 29.0. The molecule has 0 heterocycles. The highest BCUT2D eigenvalue weighted by molar-refractivity contribution is 8.13. The van der Waals surface area contributed by atoms with Crippen LogP contribution in [0.2, 0.25) is 0 Å². The van der Waals surface area contributed by atoms with Crippen LogP contribution in [0.3, 0.4) is 0 Å². The lowest BCUT2D eigenvalue weighted by Gasteiger charge is -2.16. The number of thioether (sulfide) groups is 2. The van der Waals surface area contributed by atoms with Gasteiger partial charge in [-0.25, -0.2) is 0 Å². The summed E-state index contributed by atoms with van der Waals surface area (Å²) in [6.07, 6.45) is 6.50. The van der Waals surface area contributed by atoms with E-state index < -0.39 is 0 Å². The minimum absolute atomic E-state index is 0.00208. The van der Waals surface area contributed by atoms with Crippen molar-refractivity contribution in [1.82, 2.24) is 5.32 Å². The Morgan fingerprint density at radius 2 is 1.06 bits per heavy atom. The second-order valence-corrected chi connectivity index (χ2v) is 13.3. The van der Waals surface area contributed by atoms with E-state index >= 15 is 0 Å². The van der Waals surface area contributed by atoms with E-state index in [2.05, 4.69) is 120 Å². The zero-order valence-corrected chi connectivity index (χ0v) is 32.1. The molecule has 0 aliphatic heterocycles. The fourth-order valence-corrected chi connectivity index (χ4v) is 7.27. The van der Waals surface area contributed by atoms with Crippen LogP contribution in [0.1, 0.15) is 60.1 Å². The van der Waals surface area contributed by atoms with Crippen molar-refractivity contribution < 1.29 is 9.59 Å². The van der Waals surface area contributed by atoms with E-state index in [9.17, 15) is 9.59 Å². The fraction of sp³-hybridized carbons (Fsp3) is 0.317. The first-order valence-electron chi connectivity index (χ1n) is 16.8. The van der Waals surface area contributed by atoms with E-state index in [0.29, 0.717) is 19.3 Å². The zero-order chi connectivity index (χ0) is 35.9. The number of carbonyl (C=O) groups excluding carboxylic acids is 2. The largest absolute Gasteiger partial charge is 0.378 e. The summed E-state index contributed by atoms with van der Waals surface area (Å²) in [5.74, 6) is 0.0486. The van der Waals surface area contributed by atoms with Crippen LogP contribution < -0.4 is 20.9 Å². The van der Waals surface area contributed by atoms with E-state index in [1.807, 2.05) is 40.1 Å². The molecule has 0 aromatic heterocycles. The minimum Gasteiger partial charge on any atom is -0.378 e. The molecule has 49 heavy (non-hydrogen) atoms. The van der Waals surface area contributed by atoms with Crippen molar-refractivity contribution in [2.24, 2.45) is 0 Å². The number of benzene rings is 4. The molecule has 0 aliphatic rings. The summed E-state index contributed by atoms with van der Waals surface area (Å²) in [6, 6.07) is 29.3. The van der Waals surface area contributed by atoms with Crippen molar-refractivity contribution in [2.45, 2.75) is 53.4 Å². The summed E-state index contributed by atoms with van der Waals surface area (Å²) in [5, 5.41) is 9.24. The molecule has 0 saturated heterocycles. The number of rotatable bonds is 14. The SMILES string of the molecule is CC.CNC(=O)CCc1ccc(Nc2ccc(CCC(=O)Nc3ccc(/C(SC)=C(/SC)c4ccc(N(C)C)cc4)cc3)c(C)c2)cc1C. The first-order chi connectivity index (χ1) is 23.6. The molecule has 260 valence electrons. The van der Waals surface area contributed by atoms with Crippen molar-refractivity contribution >= 4 is 67.9 Å². The van der Waals surface area contributed by atoms with Gasteiger partial charge in [-0.2, -0.15) is 0 Å². The Morgan fingerprint density at radius 1 is 0.633 bits per heavy atom. The zero-order valence-electron chi connectivity index (χ0n) is 30.5. The molecule has 0 unspecified atom stereocenters. The third-order valence-electron chi connectivity index (χ3n) is 8.19. The van der Waals surface area contributed by atoms with Gasteiger partial charge in [0.2, 0.25) is 11.8 Å². The number of anilines is 4. The predicted octanol–water partition coefficient (Wildman–Crippen LogP) is 9.94. The van der Waals surface area contributed by atoms with Gasteiger partial charge in [0.05, 0.1) is 0 Å². The number of amides is 2. The van der Waals surface area contributed by atoms with Gasteiger partial charge in [-0.3, -0.25) is 9.59 Å². The van der Waals surface area contributed by atoms with Crippen LogP contribution in [0.15, 0.2) is 84.9 Å². The normalized spacial score (nSPS) is 11.1. The van der Waals surface area contributed by atoms with Crippen LogP contribution >= 0.6 is 23.5 Å². The topological polar surface area (TPSA) is 73.5 Å². The number of nitrogens with zero attached hydrogens (tertiary/aromatic N) is 1. The van der Waals surface area contributed by atoms with E-state index in [4.69, 9.17) is 0 Å². The third-order valence-corrected chi connectivity index (χ3v) is 10.0. The molecule has 0 atom stereocenters. The van der Waals surface area contributed by atoms with Crippen LogP contribution in [-0.4, -0.2) is 45.5 Å². The second kappa shape index (κ2) is 19.8. The van der Waals surface area contributed by atoms with Crippen molar-refractivity contribution in [2.75, 3.05) is 49.2 Å². The maximum Gasteiger partial charge on any atom is 0.224 e. The molecule has 0 radical (unpaired) electrons. The number of hydrogen-bond donors (Lipinski definition) is 3. The van der Waals surface area contributed by atoms with Gasteiger partial charge < -0.3 is 20.9 Å². The molecule has 0 spiro atoms. The van der Waals surface area contributed by atoms with Gasteiger partial charge in [0.1, 0.15) is 0 Å². The van der Waals surface area contributed by atoms with Crippen molar-refractivity contribution in [3.63, 3.8) is 0 Å². The first-order valence-corrected chi connectivity index (χ1v) is 19.2. The molecule has 3 N–H and O–H groups in total. The summed E-state index contributed by atoms with van der Waals surface area (Å²) in [6.45, 7) is 8.16. The van der Waals surface area contributed by atoms with Crippen LogP contribution in [0.25, 0.3) is 9.81 Å². The van der Waals surface area contributed by atoms with Crippen LogP contribution in [0, 0.1) is 13.8 Å². The average Bonchev–Trinajstić information content (AvgIpc) is 3.11. The van der Waals surface area contributed by atoms with Gasteiger partial charge in [-0.05, 0) is 121 Å².